The molecule has 0 aliphatic carbocycles. The van der Waals surface area contributed by atoms with E-state index in [0.29, 0.717) is 35.5 Å². The summed E-state index contributed by atoms with van der Waals surface area (Å²) in [6.45, 7) is 5.32. The zero-order chi connectivity index (χ0) is 18.5. The van der Waals surface area contributed by atoms with E-state index in [2.05, 4.69) is 15.3 Å². The summed E-state index contributed by atoms with van der Waals surface area (Å²) in [5.74, 6) is -0.903. The molecular formula is C17H21N5O3S. The summed E-state index contributed by atoms with van der Waals surface area (Å²) in [6, 6.07) is 8.84. The summed E-state index contributed by atoms with van der Waals surface area (Å²) < 4.78 is 5.39. The lowest BCUT2D eigenvalue weighted by molar-refractivity contribution is 0.0325. The van der Waals surface area contributed by atoms with E-state index in [1.165, 1.54) is 11.3 Å². The molecule has 1 aromatic heterocycles. The number of ether oxygens (including phenoxy) is 1. The number of nitrogens with two attached hydrogens (primary N) is 1. The van der Waals surface area contributed by atoms with E-state index in [9.17, 15) is 9.59 Å². The van der Waals surface area contributed by atoms with Crippen molar-refractivity contribution in [1.29, 1.82) is 0 Å². The van der Waals surface area contributed by atoms with Crippen molar-refractivity contribution in [3.8, 4) is 0 Å². The first-order valence-electron chi connectivity index (χ1n) is 8.37. The van der Waals surface area contributed by atoms with Crippen molar-refractivity contribution < 1.29 is 14.3 Å². The predicted octanol–water partition coefficient (Wildman–Crippen LogP) is 1.57. The molecule has 3 N–H and O–H groups in total. The van der Waals surface area contributed by atoms with Gasteiger partial charge in [0.2, 0.25) is 0 Å². The maximum absolute atomic E-state index is 12.3. The number of anilines is 2. The Labute approximate surface area is 155 Å². The summed E-state index contributed by atoms with van der Waals surface area (Å²) >= 11 is 1.24. The van der Waals surface area contributed by atoms with Crippen molar-refractivity contribution in [3.63, 3.8) is 0 Å². The number of morpholine rings is 1. The molecule has 0 saturated carbocycles. The molecule has 2 heterocycles. The highest BCUT2D eigenvalue weighted by Gasteiger charge is 2.26. The Morgan fingerprint density at radius 2 is 2.00 bits per heavy atom. The predicted molar refractivity (Wildman–Crippen MR) is 100 cm³/mol. The standard InChI is InChI=1S/C17H21N5O3S/c1-2-22(21-8-10-25-11-9-21)16-13(14(18)23)19-17(26-16)20-15(24)12-6-4-3-5-7-12/h3-7H,2,8-11H2,1H3,(H2,18,23)(H,19,20,24). The van der Waals surface area contributed by atoms with Crippen molar-refractivity contribution >= 4 is 33.3 Å². The number of thiazole rings is 1. The van der Waals surface area contributed by atoms with Gasteiger partial charge < -0.3 is 10.5 Å². The number of rotatable bonds is 6. The minimum atomic E-state index is -0.622. The molecule has 3 rings (SSSR count). The van der Waals surface area contributed by atoms with Crippen molar-refractivity contribution in [1.82, 2.24) is 9.99 Å². The van der Waals surface area contributed by atoms with Gasteiger partial charge in [0.1, 0.15) is 5.00 Å². The molecule has 2 aromatic rings. The monoisotopic (exact) mass is 375 g/mol. The number of nitrogens with zero attached hydrogens (tertiary/aromatic N) is 3. The number of hydrazine groups is 1. The van der Waals surface area contributed by atoms with Gasteiger partial charge in [0.05, 0.1) is 13.2 Å². The minimum Gasteiger partial charge on any atom is -0.379 e. The molecule has 1 aliphatic rings. The quantitative estimate of drug-likeness (QED) is 0.795. The molecule has 0 radical (unpaired) electrons. The van der Waals surface area contributed by atoms with Gasteiger partial charge in [-0.2, -0.15) is 0 Å². The van der Waals surface area contributed by atoms with Crippen molar-refractivity contribution in [3.05, 3.63) is 41.6 Å². The molecule has 0 spiro atoms. The number of amides is 2. The molecule has 9 heteroatoms. The van der Waals surface area contributed by atoms with Crippen LogP contribution in [0.1, 0.15) is 27.8 Å². The zero-order valence-electron chi connectivity index (χ0n) is 14.5. The highest BCUT2D eigenvalue weighted by atomic mass is 32.1. The van der Waals surface area contributed by atoms with Crippen LogP contribution in [0.15, 0.2) is 30.3 Å². The molecule has 1 saturated heterocycles. The zero-order valence-corrected chi connectivity index (χ0v) is 15.3. The largest absolute Gasteiger partial charge is 0.379 e. The van der Waals surface area contributed by atoms with E-state index in [1.54, 1.807) is 24.3 Å². The molecule has 26 heavy (non-hydrogen) atoms. The lowest BCUT2D eigenvalue weighted by atomic mass is 10.2. The van der Waals surface area contributed by atoms with Crippen molar-refractivity contribution in [2.24, 2.45) is 5.73 Å². The third kappa shape index (κ3) is 4.01. The number of hydrogen-bond donors (Lipinski definition) is 2. The number of carbonyl (C=O) groups excluding carboxylic acids is 2. The Morgan fingerprint density at radius 1 is 1.31 bits per heavy atom. The van der Waals surface area contributed by atoms with E-state index in [1.807, 2.05) is 18.0 Å². The van der Waals surface area contributed by atoms with E-state index in [0.717, 1.165) is 13.1 Å². The molecule has 8 nitrogen and oxygen atoms in total. The maximum atomic E-state index is 12.3. The second-order valence-electron chi connectivity index (χ2n) is 5.64. The summed E-state index contributed by atoms with van der Waals surface area (Å²) in [5.41, 5.74) is 6.19. The van der Waals surface area contributed by atoms with Crippen LogP contribution < -0.4 is 16.1 Å². The molecule has 138 valence electrons. The number of aromatic nitrogens is 1. The third-order valence-electron chi connectivity index (χ3n) is 3.96. The van der Waals surface area contributed by atoms with Crippen LogP contribution in [0.2, 0.25) is 0 Å². The van der Waals surface area contributed by atoms with E-state index in [-0.39, 0.29) is 11.6 Å². The van der Waals surface area contributed by atoms with Crippen LogP contribution in [0, 0.1) is 0 Å². The average molecular weight is 375 g/mol. The molecular weight excluding hydrogens is 354 g/mol. The number of primary amides is 1. The van der Waals surface area contributed by atoms with Gasteiger partial charge in [0.15, 0.2) is 10.8 Å². The summed E-state index contributed by atoms with van der Waals surface area (Å²) in [7, 11) is 0. The van der Waals surface area contributed by atoms with E-state index < -0.39 is 5.91 Å². The van der Waals surface area contributed by atoms with Crippen LogP contribution in [0.5, 0.6) is 0 Å². The van der Waals surface area contributed by atoms with Crippen molar-refractivity contribution in [2.45, 2.75) is 6.92 Å². The fraction of sp³-hybridized carbons (Fsp3) is 0.353. The molecule has 0 unspecified atom stereocenters. The van der Waals surface area contributed by atoms with Gasteiger partial charge in [-0.1, -0.05) is 29.5 Å². The average Bonchev–Trinajstić information content (AvgIpc) is 3.08. The number of carbonyl (C=O) groups is 2. The minimum absolute atomic E-state index is 0.159. The maximum Gasteiger partial charge on any atom is 0.270 e. The Kier molecular flexibility index (Phi) is 5.82. The molecule has 1 fully saturated rings. The molecule has 1 aliphatic heterocycles. The SMILES string of the molecule is CCN(c1sc(NC(=O)c2ccccc2)nc1C(N)=O)N1CCOCC1. The first-order valence-corrected chi connectivity index (χ1v) is 9.19. The smallest absolute Gasteiger partial charge is 0.270 e. The van der Waals surface area contributed by atoms with Crippen LogP contribution in [0.4, 0.5) is 10.1 Å². The Morgan fingerprint density at radius 3 is 2.62 bits per heavy atom. The van der Waals surface area contributed by atoms with Gasteiger partial charge in [-0.25, -0.2) is 9.99 Å². The first-order chi connectivity index (χ1) is 12.6. The molecule has 0 atom stereocenters. The highest BCUT2D eigenvalue weighted by Crippen LogP contribution is 2.33. The lowest BCUT2D eigenvalue weighted by Crippen LogP contribution is -2.49. The molecule has 0 bridgehead atoms. The van der Waals surface area contributed by atoms with Gasteiger partial charge >= 0.3 is 0 Å². The summed E-state index contributed by atoms with van der Waals surface area (Å²) in [4.78, 5) is 28.5. The fourth-order valence-electron chi connectivity index (χ4n) is 2.73. The number of hydrogen-bond acceptors (Lipinski definition) is 7. The number of nitrogens with one attached hydrogen (secondary N) is 1. The fourth-order valence-corrected chi connectivity index (χ4v) is 3.78. The Hall–Kier alpha value is -2.49. The second kappa shape index (κ2) is 8.26. The van der Waals surface area contributed by atoms with E-state index >= 15 is 0 Å². The first kappa shape index (κ1) is 18.3. The summed E-state index contributed by atoms with van der Waals surface area (Å²) in [6.07, 6.45) is 0. The van der Waals surface area contributed by atoms with Crippen LogP contribution in [-0.4, -0.2) is 54.7 Å². The molecule has 1 aromatic carbocycles. The van der Waals surface area contributed by atoms with Gasteiger partial charge in [0, 0.05) is 25.2 Å². The van der Waals surface area contributed by atoms with Crippen LogP contribution >= 0.6 is 11.3 Å². The van der Waals surface area contributed by atoms with Crippen LogP contribution in [0.25, 0.3) is 0 Å². The Bertz CT molecular complexity index is 774. The van der Waals surface area contributed by atoms with E-state index in [4.69, 9.17) is 10.5 Å². The normalized spacial score (nSPS) is 14.8. The van der Waals surface area contributed by atoms with Gasteiger partial charge in [-0.05, 0) is 19.1 Å². The van der Waals surface area contributed by atoms with Crippen LogP contribution in [0.3, 0.4) is 0 Å². The highest BCUT2D eigenvalue weighted by molar-refractivity contribution is 7.20. The summed E-state index contributed by atoms with van der Waals surface area (Å²) in [5, 5.41) is 7.79. The third-order valence-corrected chi connectivity index (χ3v) is 4.95. The Balaban J connectivity index is 1.85. The topological polar surface area (TPSA) is 101 Å². The number of benzene rings is 1. The molecule has 2 amide bonds. The second-order valence-corrected chi connectivity index (χ2v) is 6.62. The lowest BCUT2D eigenvalue weighted by Gasteiger charge is -2.37. The van der Waals surface area contributed by atoms with Crippen LogP contribution in [-0.2, 0) is 4.74 Å². The van der Waals surface area contributed by atoms with Gasteiger partial charge in [0.25, 0.3) is 11.8 Å². The van der Waals surface area contributed by atoms with Gasteiger partial charge in [-0.15, -0.1) is 0 Å². The van der Waals surface area contributed by atoms with Crippen molar-refractivity contribution in [2.75, 3.05) is 43.2 Å². The van der Waals surface area contributed by atoms with Gasteiger partial charge in [-0.3, -0.25) is 19.9 Å².